The van der Waals surface area contributed by atoms with Crippen LogP contribution in [0, 0.1) is 13.8 Å². The summed E-state index contributed by atoms with van der Waals surface area (Å²) in [4.78, 5) is 0. The third kappa shape index (κ3) is 3.65. The van der Waals surface area contributed by atoms with Crippen molar-refractivity contribution in [1.82, 2.24) is 9.78 Å². The molecule has 2 aromatic rings. The Morgan fingerprint density at radius 2 is 1.52 bits per heavy atom. The van der Waals surface area contributed by atoms with Crippen molar-refractivity contribution >= 4 is 0 Å². The van der Waals surface area contributed by atoms with Crippen LogP contribution >= 0.6 is 0 Å². The molecule has 0 aliphatic carbocycles. The van der Waals surface area contributed by atoms with E-state index in [4.69, 9.17) is 0 Å². The minimum absolute atomic E-state index is 0. The first kappa shape index (κ1) is 18.1. The number of rotatable bonds is 2. The summed E-state index contributed by atoms with van der Waals surface area (Å²) in [5, 5.41) is 4.67. The second-order valence-corrected chi connectivity index (χ2v) is 6.91. The molecule has 0 N–H and O–H groups in total. The van der Waals surface area contributed by atoms with E-state index in [2.05, 4.69) is 82.5 Å². The predicted molar refractivity (Wildman–Crippen MR) is 86.2 cm³/mol. The van der Waals surface area contributed by atoms with Crippen molar-refractivity contribution in [3.63, 3.8) is 0 Å². The van der Waals surface area contributed by atoms with Crippen LogP contribution in [0.25, 0.3) is 11.1 Å². The van der Waals surface area contributed by atoms with Gasteiger partial charge in [0.2, 0.25) is 0 Å². The van der Waals surface area contributed by atoms with Crippen LogP contribution in [-0.4, -0.2) is 9.78 Å². The summed E-state index contributed by atoms with van der Waals surface area (Å²) in [6, 6.07) is 9.32. The zero-order valence-corrected chi connectivity index (χ0v) is 15.7. The number of hydrogen-bond acceptors (Lipinski definition) is 1. The minimum Gasteiger partial charge on any atom is -0.266 e. The van der Waals surface area contributed by atoms with E-state index >= 15 is 0 Å². The van der Waals surface area contributed by atoms with E-state index in [1.54, 1.807) is 0 Å². The molecule has 21 heavy (non-hydrogen) atoms. The topological polar surface area (TPSA) is 17.8 Å². The maximum absolute atomic E-state index is 4.67. The molecule has 0 unspecified atom stereocenters. The van der Waals surface area contributed by atoms with E-state index in [9.17, 15) is 0 Å². The van der Waals surface area contributed by atoms with Crippen LogP contribution in [0.3, 0.4) is 0 Å². The van der Waals surface area contributed by atoms with Gasteiger partial charge in [0.05, 0.1) is 5.69 Å². The van der Waals surface area contributed by atoms with Gasteiger partial charge in [-0.1, -0.05) is 45.0 Å². The molecule has 1 aromatic carbocycles. The maximum Gasteiger partial charge on any atom is 0.0675 e. The third-order valence-electron chi connectivity index (χ3n) is 3.85. The molecule has 2 rings (SSSR count). The first-order valence-corrected chi connectivity index (χ1v) is 7.38. The predicted octanol–water partition coefficient (Wildman–Crippen LogP) is 5.04. The van der Waals surface area contributed by atoms with E-state index in [0.29, 0.717) is 6.04 Å². The Labute approximate surface area is 142 Å². The Morgan fingerprint density at radius 3 is 1.90 bits per heavy atom. The van der Waals surface area contributed by atoms with E-state index in [0.717, 1.165) is 5.69 Å². The molecule has 0 aliphatic heterocycles. The SMILES string of the molecule is Cc1nn(C(C)C)c(C)c1-c1ccc(C(C)(C)C)cc1.[Pd]. The van der Waals surface area contributed by atoms with Crippen LogP contribution in [0.15, 0.2) is 24.3 Å². The monoisotopic (exact) mass is 376 g/mol. The Hall–Kier alpha value is -0.908. The molecule has 0 aliphatic rings. The second kappa shape index (κ2) is 6.46. The number of benzene rings is 1. The van der Waals surface area contributed by atoms with Crippen molar-refractivity contribution in [2.24, 2.45) is 0 Å². The van der Waals surface area contributed by atoms with Crippen molar-refractivity contribution in [3.8, 4) is 11.1 Å². The average Bonchev–Trinajstić information content (AvgIpc) is 2.64. The first-order chi connectivity index (χ1) is 9.21. The number of nitrogens with zero attached hydrogens (tertiary/aromatic N) is 2. The van der Waals surface area contributed by atoms with Crippen molar-refractivity contribution in [3.05, 3.63) is 41.2 Å². The van der Waals surface area contributed by atoms with Crippen molar-refractivity contribution < 1.29 is 20.4 Å². The standard InChI is InChI=1S/C18H26N2.Pd/c1-12(2)20-14(4)17(13(3)19-20)15-8-10-16(11-9-15)18(5,6)7;/h8-12H,1-7H3;. The van der Waals surface area contributed by atoms with Crippen molar-refractivity contribution in [1.29, 1.82) is 0 Å². The fourth-order valence-corrected chi connectivity index (χ4v) is 2.72. The van der Waals surface area contributed by atoms with E-state index in [-0.39, 0.29) is 25.8 Å². The van der Waals surface area contributed by atoms with E-state index in [1.165, 1.54) is 22.4 Å². The number of hydrogen-bond donors (Lipinski definition) is 0. The van der Waals surface area contributed by atoms with Gasteiger partial charge in [0, 0.05) is 37.7 Å². The Kier molecular flexibility index (Phi) is 5.58. The van der Waals surface area contributed by atoms with Gasteiger partial charge in [-0.25, -0.2) is 0 Å². The quantitative estimate of drug-likeness (QED) is 0.671. The molecule has 0 bridgehead atoms. The third-order valence-corrected chi connectivity index (χ3v) is 3.85. The first-order valence-electron chi connectivity index (χ1n) is 7.38. The largest absolute Gasteiger partial charge is 0.266 e. The Morgan fingerprint density at radius 1 is 1.00 bits per heavy atom. The van der Waals surface area contributed by atoms with Gasteiger partial charge in [-0.3, -0.25) is 4.68 Å². The summed E-state index contributed by atoms with van der Waals surface area (Å²) in [5.74, 6) is 0. The summed E-state index contributed by atoms with van der Waals surface area (Å²) in [6.07, 6.45) is 0. The van der Waals surface area contributed by atoms with Crippen LogP contribution in [0.5, 0.6) is 0 Å². The van der Waals surface area contributed by atoms with Gasteiger partial charge < -0.3 is 0 Å². The van der Waals surface area contributed by atoms with Crippen molar-refractivity contribution in [2.75, 3.05) is 0 Å². The summed E-state index contributed by atoms with van der Waals surface area (Å²) < 4.78 is 2.11. The molecule has 0 atom stereocenters. The molecule has 1 aromatic heterocycles. The molecule has 0 radical (unpaired) electrons. The molecule has 118 valence electrons. The molecular formula is C18H26N2Pd. The van der Waals surface area contributed by atoms with E-state index < -0.39 is 0 Å². The van der Waals surface area contributed by atoms with Gasteiger partial charge in [0.15, 0.2) is 0 Å². The zero-order chi connectivity index (χ0) is 15.1. The smallest absolute Gasteiger partial charge is 0.0675 e. The molecule has 0 fully saturated rings. The van der Waals surface area contributed by atoms with Crippen LogP contribution < -0.4 is 0 Å². The Balaban J connectivity index is 0.00000220. The van der Waals surface area contributed by atoms with Gasteiger partial charge in [-0.15, -0.1) is 0 Å². The molecule has 2 nitrogen and oxygen atoms in total. The molecule has 0 amide bonds. The summed E-state index contributed by atoms with van der Waals surface area (Å²) in [7, 11) is 0. The van der Waals surface area contributed by atoms with Crippen molar-refractivity contribution in [2.45, 2.75) is 59.9 Å². The van der Waals surface area contributed by atoms with Crippen LogP contribution in [0.1, 0.15) is 57.6 Å². The normalized spacial score (nSPS) is 11.6. The fraction of sp³-hybridized carbons (Fsp3) is 0.500. The molecule has 0 saturated carbocycles. The average molecular weight is 377 g/mol. The van der Waals surface area contributed by atoms with E-state index in [1.807, 2.05) is 0 Å². The van der Waals surface area contributed by atoms with Gasteiger partial charge in [0.1, 0.15) is 0 Å². The maximum atomic E-state index is 4.67. The number of aryl methyl sites for hydroxylation is 1. The van der Waals surface area contributed by atoms with Crippen LogP contribution in [-0.2, 0) is 25.8 Å². The van der Waals surface area contributed by atoms with Crippen LogP contribution in [0.2, 0.25) is 0 Å². The van der Waals surface area contributed by atoms with Gasteiger partial charge in [-0.05, 0) is 44.2 Å². The van der Waals surface area contributed by atoms with Gasteiger partial charge >= 0.3 is 0 Å². The van der Waals surface area contributed by atoms with Crippen LogP contribution in [0.4, 0.5) is 0 Å². The molecule has 0 spiro atoms. The molecule has 0 saturated heterocycles. The van der Waals surface area contributed by atoms with Gasteiger partial charge in [-0.2, -0.15) is 5.10 Å². The summed E-state index contributed by atoms with van der Waals surface area (Å²) in [6.45, 7) is 15.3. The molecule has 1 heterocycles. The molecule has 3 heteroatoms. The summed E-state index contributed by atoms with van der Waals surface area (Å²) in [5.41, 5.74) is 6.47. The zero-order valence-electron chi connectivity index (χ0n) is 14.1. The fourth-order valence-electron chi connectivity index (χ4n) is 2.72. The Bertz CT molecular complexity index is 601. The second-order valence-electron chi connectivity index (χ2n) is 6.91. The minimum atomic E-state index is 0. The summed E-state index contributed by atoms with van der Waals surface area (Å²) >= 11 is 0. The molecular weight excluding hydrogens is 351 g/mol. The van der Waals surface area contributed by atoms with Gasteiger partial charge in [0.25, 0.3) is 0 Å². The number of aromatic nitrogens is 2.